The Labute approximate surface area is 146 Å². The van der Waals surface area contributed by atoms with Gasteiger partial charge < -0.3 is 10.2 Å². The Morgan fingerprint density at radius 1 is 0.739 bits per heavy atom. The van der Waals surface area contributed by atoms with E-state index in [0.717, 1.165) is 37.2 Å². The second-order valence-electron chi connectivity index (χ2n) is 5.20. The van der Waals surface area contributed by atoms with Gasteiger partial charge in [-0.15, -0.1) is 23.5 Å². The van der Waals surface area contributed by atoms with Gasteiger partial charge in [-0.25, -0.2) is 0 Å². The fraction of sp³-hybridized carbons (Fsp3) is 0.529. The maximum Gasteiger partial charge on any atom is 0.303 e. The smallest absolute Gasteiger partial charge is 0.303 e. The van der Waals surface area contributed by atoms with Gasteiger partial charge in [-0.2, -0.15) is 0 Å². The fourth-order valence-corrected chi connectivity index (χ4v) is 4.21. The number of rotatable bonds is 13. The number of carboxylic acids is 2. The van der Waals surface area contributed by atoms with E-state index in [9.17, 15) is 9.59 Å². The molecule has 0 fully saturated rings. The van der Waals surface area contributed by atoms with Gasteiger partial charge in [0.15, 0.2) is 0 Å². The van der Waals surface area contributed by atoms with Crippen molar-refractivity contribution in [3.05, 3.63) is 24.3 Å². The summed E-state index contributed by atoms with van der Waals surface area (Å²) < 4.78 is 0. The standard InChI is InChI=1S/C17H24O4S2/c18-16(19)10-3-1-2-6-12-22-14-8-4-5-9-15(14)23-13-7-11-17(20)21/h4-5,8-9H,1-3,6-7,10-13H2,(H,18,19)(H,20,21). The summed E-state index contributed by atoms with van der Waals surface area (Å²) in [7, 11) is 0. The molecule has 0 spiro atoms. The molecular formula is C17H24O4S2. The van der Waals surface area contributed by atoms with Crippen LogP contribution in [0.4, 0.5) is 0 Å². The molecule has 0 saturated carbocycles. The quantitative estimate of drug-likeness (QED) is 0.392. The third kappa shape index (κ3) is 10.3. The van der Waals surface area contributed by atoms with Crippen molar-refractivity contribution in [1.82, 2.24) is 0 Å². The Kier molecular flexibility index (Phi) is 10.6. The molecular weight excluding hydrogens is 332 g/mol. The van der Waals surface area contributed by atoms with Gasteiger partial charge in [-0.1, -0.05) is 25.0 Å². The van der Waals surface area contributed by atoms with Crippen molar-refractivity contribution in [3.8, 4) is 0 Å². The number of benzene rings is 1. The van der Waals surface area contributed by atoms with Crippen LogP contribution in [0.1, 0.15) is 44.9 Å². The number of hydrogen-bond donors (Lipinski definition) is 2. The molecule has 128 valence electrons. The lowest BCUT2D eigenvalue weighted by molar-refractivity contribution is -0.138. The highest BCUT2D eigenvalue weighted by Crippen LogP contribution is 2.31. The minimum atomic E-state index is -0.740. The summed E-state index contributed by atoms with van der Waals surface area (Å²) in [6, 6.07) is 8.22. The zero-order valence-electron chi connectivity index (χ0n) is 13.2. The lowest BCUT2D eigenvalue weighted by atomic mass is 10.2. The van der Waals surface area contributed by atoms with E-state index in [0.29, 0.717) is 6.42 Å². The molecule has 6 heteroatoms. The summed E-state index contributed by atoms with van der Waals surface area (Å²) in [5, 5.41) is 17.2. The van der Waals surface area contributed by atoms with Crippen LogP contribution in [0.2, 0.25) is 0 Å². The van der Waals surface area contributed by atoms with E-state index in [4.69, 9.17) is 10.2 Å². The molecule has 0 aromatic heterocycles. The maximum atomic E-state index is 10.5. The highest BCUT2D eigenvalue weighted by molar-refractivity contribution is 8.02. The molecule has 1 aromatic carbocycles. The topological polar surface area (TPSA) is 74.6 Å². The molecule has 4 nitrogen and oxygen atoms in total. The molecule has 0 unspecified atom stereocenters. The summed E-state index contributed by atoms with van der Waals surface area (Å²) in [5.41, 5.74) is 0. The summed E-state index contributed by atoms with van der Waals surface area (Å²) in [6.45, 7) is 0. The van der Waals surface area contributed by atoms with Gasteiger partial charge >= 0.3 is 11.9 Å². The molecule has 23 heavy (non-hydrogen) atoms. The molecule has 1 aromatic rings. The Morgan fingerprint density at radius 3 is 1.78 bits per heavy atom. The number of aliphatic carboxylic acids is 2. The van der Waals surface area contributed by atoms with Gasteiger partial charge in [0.2, 0.25) is 0 Å². The molecule has 0 amide bonds. The van der Waals surface area contributed by atoms with E-state index in [2.05, 4.69) is 12.1 Å². The zero-order chi connectivity index (χ0) is 16.9. The lowest BCUT2D eigenvalue weighted by Crippen LogP contribution is -1.95. The van der Waals surface area contributed by atoms with Crippen molar-refractivity contribution >= 4 is 35.5 Å². The van der Waals surface area contributed by atoms with Crippen molar-refractivity contribution in [2.75, 3.05) is 11.5 Å². The third-order valence-corrected chi connectivity index (χ3v) is 5.63. The monoisotopic (exact) mass is 356 g/mol. The molecule has 0 radical (unpaired) electrons. The predicted molar refractivity (Wildman–Crippen MR) is 95.5 cm³/mol. The summed E-state index contributed by atoms with van der Waals surface area (Å²) >= 11 is 3.54. The van der Waals surface area contributed by atoms with Crippen LogP contribution in [0.3, 0.4) is 0 Å². The Hall–Kier alpha value is -1.14. The third-order valence-electron chi connectivity index (χ3n) is 3.18. The molecule has 1 rings (SSSR count). The highest BCUT2D eigenvalue weighted by Gasteiger charge is 2.04. The first-order valence-corrected chi connectivity index (χ1v) is 9.85. The van der Waals surface area contributed by atoms with E-state index in [1.54, 1.807) is 11.8 Å². The largest absolute Gasteiger partial charge is 0.481 e. The van der Waals surface area contributed by atoms with Gasteiger partial charge in [0, 0.05) is 22.6 Å². The van der Waals surface area contributed by atoms with E-state index in [1.165, 1.54) is 9.79 Å². The van der Waals surface area contributed by atoms with Crippen molar-refractivity contribution in [2.45, 2.75) is 54.7 Å². The van der Waals surface area contributed by atoms with E-state index in [1.807, 2.05) is 23.9 Å². The molecule has 2 N–H and O–H groups in total. The van der Waals surface area contributed by atoms with Gasteiger partial charge in [0.1, 0.15) is 0 Å². The van der Waals surface area contributed by atoms with Crippen LogP contribution in [0, 0.1) is 0 Å². The van der Waals surface area contributed by atoms with Crippen molar-refractivity contribution in [1.29, 1.82) is 0 Å². The summed E-state index contributed by atoms with van der Waals surface area (Å²) in [6.07, 6.45) is 5.05. The molecule has 0 aliphatic heterocycles. The maximum absolute atomic E-state index is 10.5. The van der Waals surface area contributed by atoms with Crippen molar-refractivity contribution in [3.63, 3.8) is 0 Å². The van der Waals surface area contributed by atoms with E-state index < -0.39 is 11.9 Å². The molecule has 0 aliphatic rings. The summed E-state index contributed by atoms with van der Waals surface area (Å²) in [5.74, 6) is 0.392. The fourth-order valence-electron chi connectivity index (χ4n) is 2.01. The molecule has 0 atom stereocenters. The lowest BCUT2D eigenvalue weighted by Gasteiger charge is -2.08. The number of carboxylic acid groups (broad SMARTS) is 2. The van der Waals surface area contributed by atoms with E-state index >= 15 is 0 Å². The van der Waals surface area contributed by atoms with Crippen LogP contribution >= 0.6 is 23.5 Å². The van der Waals surface area contributed by atoms with Crippen LogP contribution in [-0.4, -0.2) is 33.7 Å². The first kappa shape index (κ1) is 19.9. The minimum absolute atomic E-state index is 0.221. The second kappa shape index (κ2) is 12.3. The SMILES string of the molecule is O=C(O)CCCCCCSc1ccccc1SCCCC(=O)O. The van der Waals surface area contributed by atoms with Crippen molar-refractivity contribution < 1.29 is 19.8 Å². The molecule has 0 bridgehead atoms. The van der Waals surface area contributed by atoms with Gasteiger partial charge in [0.05, 0.1) is 0 Å². The van der Waals surface area contributed by atoms with E-state index in [-0.39, 0.29) is 12.8 Å². The van der Waals surface area contributed by atoms with Gasteiger partial charge in [-0.3, -0.25) is 9.59 Å². The Morgan fingerprint density at radius 2 is 1.22 bits per heavy atom. The number of thioether (sulfide) groups is 2. The van der Waals surface area contributed by atoms with Crippen LogP contribution in [0.5, 0.6) is 0 Å². The number of unbranched alkanes of at least 4 members (excludes halogenated alkanes) is 3. The van der Waals surface area contributed by atoms with Gasteiger partial charge in [-0.05, 0) is 42.9 Å². The summed E-state index contributed by atoms with van der Waals surface area (Å²) in [4.78, 5) is 23.4. The van der Waals surface area contributed by atoms with Crippen LogP contribution in [0.15, 0.2) is 34.1 Å². The van der Waals surface area contributed by atoms with Crippen LogP contribution < -0.4 is 0 Å². The predicted octanol–water partition coefficient (Wildman–Crippen LogP) is 4.77. The first-order chi connectivity index (χ1) is 11.1. The number of hydrogen-bond acceptors (Lipinski definition) is 4. The molecule has 0 saturated heterocycles. The minimum Gasteiger partial charge on any atom is -0.481 e. The second-order valence-corrected chi connectivity index (χ2v) is 7.47. The normalized spacial score (nSPS) is 10.6. The first-order valence-electron chi connectivity index (χ1n) is 7.88. The van der Waals surface area contributed by atoms with Gasteiger partial charge in [0.25, 0.3) is 0 Å². The number of carbonyl (C=O) groups is 2. The average molecular weight is 357 g/mol. The van der Waals surface area contributed by atoms with Crippen LogP contribution in [0.25, 0.3) is 0 Å². The van der Waals surface area contributed by atoms with Crippen molar-refractivity contribution in [2.24, 2.45) is 0 Å². The Bertz CT molecular complexity index is 491. The molecule has 0 heterocycles. The highest BCUT2D eigenvalue weighted by atomic mass is 32.2. The Balaban J connectivity index is 2.22. The molecule has 0 aliphatic carbocycles. The average Bonchev–Trinajstić information content (AvgIpc) is 2.51. The van der Waals surface area contributed by atoms with Crippen LogP contribution in [-0.2, 0) is 9.59 Å². The zero-order valence-corrected chi connectivity index (χ0v) is 14.8.